The summed E-state index contributed by atoms with van der Waals surface area (Å²) in [5.74, 6) is 0.315. The molecule has 1 N–H and O–H groups in total. The highest BCUT2D eigenvalue weighted by Crippen LogP contribution is 2.19. The van der Waals surface area contributed by atoms with Gasteiger partial charge >= 0.3 is 5.97 Å². The van der Waals surface area contributed by atoms with Crippen molar-refractivity contribution in [3.63, 3.8) is 0 Å². The summed E-state index contributed by atoms with van der Waals surface area (Å²) in [7, 11) is 1.38. The number of hydrogen-bond acceptors (Lipinski definition) is 5. The summed E-state index contributed by atoms with van der Waals surface area (Å²) in [6.07, 6.45) is 3.45. The highest BCUT2D eigenvalue weighted by Gasteiger charge is 2.17. The summed E-state index contributed by atoms with van der Waals surface area (Å²) < 4.78 is 4.63. The first-order chi connectivity index (χ1) is 7.79. The van der Waals surface area contributed by atoms with Crippen LogP contribution in [0, 0.1) is 5.92 Å². The molecule has 1 atom stereocenters. The topological polar surface area (TPSA) is 51.2 Å². The zero-order valence-electron chi connectivity index (χ0n) is 9.36. The van der Waals surface area contributed by atoms with Gasteiger partial charge < -0.3 is 10.1 Å². The van der Waals surface area contributed by atoms with Gasteiger partial charge in [0.25, 0.3) is 0 Å². The second kappa shape index (κ2) is 5.41. The maximum atomic E-state index is 11.2. The third-order valence-corrected chi connectivity index (χ3v) is 3.68. The van der Waals surface area contributed by atoms with E-state index < -0.39 is 0 Å². The van der Waals surface area contributed by atoms with E-state index in [1.165, 1.54) is 20.0 Å². The van der Waals surface area contributed by atoms with Crippen molar-refractivity contribution >= 4 is 17.3 Å². The molecule has 0 aliphatic carbocycles. The Morgan fingerprint density at radius 3 is 3.31 bits per heavy atom. The van der Waals surface area contributed by atoms with Crippen molar-refractivity contribution in [3.8, 4) is 0 Å². The number of carbonyl (C=O) groups is 1. The molecule has 1 aromatic heterocycles. The Labute approximate surface area is 99.0 Å². The number of ether oxygens (including phenoxy) is 1. The number of nitrogens with zero attached hydrogens (tertiary/aromatic N) is 1. The number of esters is 1. The zero-order chi connectivity index (χ0) is 11.4. The van der Waals surface area contributed by atoms with Crippen molar-refractivity contribution in [2.24, 2.45) is 5.92 Å². The number of methoxy groups -OCH3 is 1. The Kier molecular flexibility index (Phi) is 3.90. The minimum atomic E-state index is -0.343. The van der Waals surface area contributed by atoms with E-state index >= 15 is 0 Å². The maximum absolute atomic E-state index is 11.2. The average molecular weight is 240 g/mol. The van der Waals surface area contributed by atoms with Crippen molar-refractivity contribution < 1.29 is 9.53 Å². The number of aromatic nitrogens is 1. The monoisotopic (exact) mass is 240 g/mol. The molecule has 1 aliphatic heterocycles. The third kappa shape index (κ3) is 2.80. The quantitative estimate of drug-likeness (QED) is 0.813. The van der Waals surface area contributed by atoms with E-state index in [-0.39, 0.29) is 5.97 Å². The molecule has 0 aromatic carbocycles. The van der Waals surface area contributed by atoms with E-state index in [0.717, 1.165) is 24.5 Å². The normalized spacial score (nSPS) is 20.7. The Morgan fingerprint density at radius 1 is 1.75 bits per heavy atom. The lowest BCUT2D eigenvalue weighted by Crippen LogP contribution is -2.30. The van der Waals surface area contributed by atoms with E-state index in [1.54, 1.807) is 16.7 Å². The smallest absolute Gasteiger partial charge is 0.357 e. The molecule has 0 bridgehead atoms. The Hall–Kier alpha value is -0.940. The van der Waals surface area contributed by atoms with E-state index in [2.05, 4.69) is 15.0 Å². The zero-order valence-corrected chi connectivity index (χ0v) is 10.2. The second-order valence-electron chi connectivity index (χ2n) is 4.03. The third-order valence-electron chi connectivity index (χ3n) is 2.81. The molecule has 0 amide bonds. The van der Waals surface area contributed by atoms with Gasteiger partial charge in [-0.1, -0.05) is 0 Å². The largest absolute Gasteiger partial charge is 0.464 e. The standard InChI is InChI=1S/C11H16N2O2S/c1-15-11(14)9-7-16-10(13-9)5-8-3-2-4-12-6-8/h7-8,12H,2-6H2,1H3. The molecule has 1 saturated heterocycles. The average Bonchev–Trinajstić information content (AvgIpc) is 2.78. The molecule has 88 valence electrons. The SMILES string of the molecule is COC(=O)c1csc(CC2CCCNC2)n1. The van der Waals surface area contributed by atoms with Crippen LogP contribution in [0.25, 0.3) is 0 Å². The fourth-order valence-corrected chi connectivity index (χ4v) is 2.83. The molecule has 1 unspecified atom stereocenters. The molecule has 1 aromatic rings. The van der Waals surface area contributed by atoms with Crippen LogP contribution in [0.5, 0.6) is 0 Å². The number of nitrogens with one attached hydrogen (secondary N) is 1. The second-order valence-corrected chi connectivity index (χ2v) is 4.98. The van der Waals surface area contributed by atoms with Gasteiger partial charge in [-0.25, -0.2) is 9.78 Å². The minimum absolute atomic E-state index is 0.343. The molecule has 0 radical (unpaired) electrons. The molecular weight excluding hydrogens is 224 g/mol. The predicted molar refractivity (Wildman–Crippen MR) is 62.8 cm³/mol. The number of piperidine rings is 1. The van der Waals surface area contributed by atoms with Crippen LogP contribution in [0.1, 0.15) is 28.3 Å². The number of carbonyl (C=O) groups excluding carboxylic acids is 1. The molecule has 1 fully saturated rings. The first-order valence-corrected chi connectivity index (χ1v) is 6.41. The van der Waals surface area contributed by atoms with Crippen LogP contribution < -0.4 is 5.32 Å². The summed E-state index contributed by atoms with van der Waals surface area (Å²) in [6, 6.07) is 0. The van der Waals surface area contributed by atoms with Crippen LogP contribution in [0.4, 0.5) is 0 Å². The fourth-order valence-electron chi connectivity index (χ4n) is 1.95. The number of rotatable bonds is 3. The fraction of sp³-hybridized carbons (Fsp3) is 0.636. The summed E-state index contributed by atoms with van der Waals surface area (Å²) in [6.45, 7) is 2.19. The highest BCUT2D eigenvalue weighted by atomic mass is 32.1. The summed E-state index contributed by atoms with van der Waals surface area (Å²) in [4.78, 5) is 15.5. The van der Waals surface area contributed by atoms with E-state index in [4.69, 9.17) is 0 Å². The summed E-state index contributed by atoms with van der Waals surface area (Å²) >= 11 is 1.55. The van der Waals surface area contributed by atoms with Gasteiger partial charge in [0, 0.05) is 11.8 Å². The molecule has 0 spiro atoms. The van der Waals surface area contributed by atoms with Gasteiger partial charge in [-0.3, -0.25) is 0 Å². The van der Waals surface area contributed by atoms with Gasteiger partial charge in [0.1, 0.15) is 0 Å². The molecule has 2 rings (SSSR count). The van der Waals surface area contributed by atoms with Crippen molar-refractivity contribution in [2.75, 3.05) is 20.2 Å². The van der Waals surface area contributed by atoms with E-state index in [0.29, 0.717) is 11.6 Å². The van der Waals surface area contributed by atoms with Crippen molar-refractivity contribution in [1.82, 2.24) is 10.3 Å². The van der Waals surface area contributed by atoms with Crippen molar-refractivity contribution in [1.29, 1.82) is 0 Å². The Bertz CT molecular complexity index is 359. The van der Waals surface area contributed by atoms with Crippen molar-refractivity contribution in [2.45, 2.75) is 19.3 Å². The molecule has 2 heterocycles. The van der Waals surface area contributed by atoms with Gasteiger partial charge in [-0.2, -0.15) is 0 Å². The van der Waals surface area contributed by atoms with Gasteiger partial charge in [0.15, 0.2) is 5.69 Å². The Balaban J connectivity index is 1.94. The van der Waals surface area contributed by atoms with Crippen LogP contribution in [0.2, 0.25) is 0 Å². The predicted octanol–water partition coefficient (Wildman–Crippen LogP) is 1.47. The first-order valence-electron chi connectivity index (χ1n) is 5.53. The number of thiazole rings is 1. The number of hydrogen-bond donors (Lipinski definition) is 1. The van der Waals surface area contributed by atoms with E-state index in [1.807, 2.05) is 0 Å². The van der Waals surface area contributed by atoms with Crippen LogP contribution in [-0.2, 0) is 11.2 Å². The van der Waals surface area contributed by atoms with Gasteiger partial charge in [-0.05, 0) is 31.8 Å². The molecule has 4 nitrogen and oxygen atoms in total. The first kappa shape index (κ1) is 11.5. The summed E-state index contributed by atoms with van der Waals surface area (Å²) in [5.41, 5.74) is 0.436. The highest BCUT2D eigenvalue weighted by molar-refractivity contribution is 7.09. The maximum Gasteiger partial charge on any atom is 0.357 e. The molecular formula is C11H16N2O2S. The molecule has 16 heavy (non-hydrogen) atoms. The van der Waals surface area contributed by atoms with Crippen molar-refractivity contribution in [3.05, 3.63) is 16.1 Å². The van der Waals surface area contributed by atoms with Crippen LogP contribution in [-0.4, -0.2) is 31.2 Å². The molecule has 1 aliphatic rings. The van der Waals surface area contributed by atoms with Gasteiger partial charge in [0.2, 0.25) is 0 Å². The van der Waals surface area contributed by atoms with Crippen LogP contribution >= 0.6 is 11.3 Å². The lowest BCUT2D eigenvalue weighted by molar-refractivity contribution is 0.0594. The Morgan fingerprint density at radius 2 is 2.62 bits per heavy atom. The summed E-state index contributed by atoms with van der Waals surface area (Å²) in [5, 5.41) is 6.19. The molecule has 0 saturated carbocycles. The molecule has 5 heteroatoms. The van der Waals surface area contributed by atoms with Gasteiger partial charge in [0.05, 0.1) is 12.1 Å². The van der Waals surface area contributed by atoms with E-state index in [9.17, 15) is 4.79 Å². The van der Waals surface area contributed by atoms with Crippen LogP contribution in [0.3, 0.4) is 0 Å². The van der Waals surface area contributed by atoms with Crippen LogP contribution in [0.15, 0.2) is 5.38 Å². The lowest BCUT2D eigenvalue weighted by atomic mass is 9.97. The van der Waals surface area contributed by atoms with Gasteiger partial charge in [-0.15, -0.1) is 11.3 Å². The lowest BCUT2D eigenvalue weighted by Gasteiger charge is -2.21. The minimum Gasteiger partial charge on any atom is -0.464 e.